The van der Waals surface area contributed by atoms with Gasteiger partial charge in [-0.15, -0.1) is 0 Å². The van der Waals surface area contributed by atoms with E-state index in [9.17, 15) is 4.39 Å². The maximum Gasteiger partial charge on any atom is 0.166 e. The molecule has 4 heteroatoms. The minimum Gasteiger partial charge on any atom is -0.491 e. The van der Waals surface area contributed by atoms with Gasteiger partial charge in [-0.05, 0) is 61.1 Å². The Morgan fingerprint density at radius 1 is 1.09 bits per heavy atom. The Kier molecular flexibility index (Phi) is 6.50. The second-order valence-electron chi connectivity index (χ2n) is 4.85. The number of aliphatic imine (C=N–C) groups is 1. The van der Waals surface area contributed by atoms with Crippen LogP contribution < -0.4 is 4.74 Å². The van der Waals surface area contributed by atoms with Crippen molar-refractivity contribution >= 4 is 23.1 Å². The van der Waals surface area contributed by atoms with Crippen LogP contribution in [-0.2, 0) is 0 Å². The lowest BCUT2D eigenvalue weighted by molar-refractivity contribution is 0.294. The quantitative estimate of drug-likeness (QED) is 0.329. The zero-order valence-electron chi connectivity index (χ0n) is 12.8. The van der Waals surface area contributed by atoms with Crippen LogP contribution in [0.2, 0.25) is 0 Å². The Morgan fingerprint density at radius 2 is 1.78 bits per heavy atom. The number of nitrogens with zero attached hydrogens (tertiary/aromatic N) is 1. The monoisotopic (exact) mass is 325 g/mol. The van der Waals surface area contributed by atoms with E-state index in [1.54, 1.807) is 24.3 Å². The summed E-state index contributed by atoms with van der Waals surface area (Å²) >= 11 is 4.55. The molecule has 0 spiro atoms. The second-order valence-corrected chi connectivity index (χ2v) is 5.03. The van der Waals surface area contributed by atoms with Gasteiger partial charge in [-0.3, -0.25) is 0 Å². The average Bonchev–Trinajstić information content (AvgIpc) is 2.56. The van der Waals surface area contributed by atoms with Crippen LogP contribution in [0.5, 0.6) is 5.75 Å². The van der Waals surface area contributed by atoms with Gasteiger partial charge in [-0.1, -0.05) is 25.2 Å². The lowest BCUT2D eigenvalue weighted by Gasteiger charge is -2.06. The average molecular weight is 325 g/mol. The molecule has 0 radical (unpaired) electrons. The van der Waals surface area contributed by atoms with E-state index in [0.717, 1.165) is 24.1 Å². The van der Waals surface area contributed by atoms with Gasteiger partial charge in [0.2, 0.25) is 0 Å². The standard InChI is InChI=1S/C19H16FNOS/c1-2-3-12-22-19-11-8-16(13-18(19)20)5-4-15-6-9-17(10-7-15)21-14-23/h6-11,13H,2-3,12H2,1H3. The van der Waals surface area contributed by atoms with E-state index >= 15 is 0 Å². The first-order chi connectivity index (χ1) is 11.2. The van der Waals surface area contributed by atoms with Crippen molar-refractivity contribution in [3.8, 4) is 17.6 Å². The van der Waals surface area contributed by atoms with E-state index in [1.165, 1.54) is 6.07 Å². The number of halogens is 1. The molecular weight excluding hydrogens is 309 g/mol. The smallest absolute Gasteiger partial charge is 0.166 e. The number of ether oxygens (including phenoxy) is 1. The highest BCUT2D eigenvalue weighted by Gasteiger charge is 2.03. The van der Waals surface area contributed by atoms with Crippen molar-refractivity contribution in [2.24, 2.45) is 4.99 Å². The predicted octanol–water partition coefficient (Wildman–Crippen LogP) is 5.14. The predicted molar refractivity (Wildman–Crippen MR) is 93.9 cm³/mol. The Labute approximate surface area is 141 Å². The zero-order valence-corrected chi connectivity index (χ0v) is 13.6. The summed E-state index contributed by atoms with van der Waals surface area (Å²) in [6.07, 6.45) is 1.92. The molecule has 0 aliphatic carbocycles. The highest BCUT2D eigenvalue weighted by atomic mass is 32.1. The van der Waals surface area contributed by atoms with Crippen molar-refractivity contribution < 1.29 is 9.13 Å². The summed E-state index contributed by atoms with van der Waals surface area (Å²) in [6, 6.07) is 12.0. The Morgan fingerprint density at radius 3 is 2.43 bits per heavy atom. The molecule has 0 unspecified atom stereocenters. The number of hydrogen-bond acceptors (Lipinski definition) is 3. The summed E-state index contributed by atoms with van der Waals surface area (Å²) in [6.45, 7) is 2.58. The molecule has 0 aliphatic heterocycles. The SMILES string of the molecule is CCCCOc1ccc(C#Cc2ccc(N=C=S)cc2)cc1F. The minimum absolute atomic E-state index is 0.270. The van der Waals surface area contributed by atoms with Gasteiger partial charge in [0.1, 0.15) is 0 Å². The van der Waals surface area contributed by atoms with Crippen LogP contribution in [0.3, 0.4) is 0 Å². The third-order valence-electron chi connectivity index (χ3n) is 3.08. The second kappa shape index (κ2) is 8.85. The normalized spacial score (nSPS) is 9.48. The van der Waals surface area contributed by atoms with E-state index in [4.69, 9.17) is 4.74 Å². The Bertz CT molecular complexity index is 768. The topological polar surface area (TPSA) is 21.6 Å². The largest absolute Gasteiger partial charge is 0.491 e. The maximum atomic E-state index is 13.9. The molecule has 2 rings (SSSR count). The van der Waals surface area contributed by atoms with Crippen molar-refractivity contribution in [3.63, 3.8) is 0 Å². The van der Waals surface area contributed by atoms with Gasteiger partial charge in [-0.25, -0.2) is 4.39 Å². The molecular formula is C19H16FNOS. The molecule has 2 aromatic rings. The first-order valence-electron chi connectivity index (χ1n) is 7.35. The minimum atomic E-state index is -0.390. The van der Waals surface area contributed by atoms with Crippen LogP contribution in [0.4, 0.5) is 10.1 Å². The molecule has 0 fully saturated rings. The molecule has 2 nitrogen and oxygen atoms in total. The van der Waals surface area contributed by atoms with Crippen molar-refractivity contribution in [2.75, 3.05) is 6.61 Å². The number of hydrogen-bond donors (Lipinski definition) is 0. The van der Waals surface area contributed by atoms with Crippen molar-refractivity contribution in [1.29, 1.82) is 0 Å². The summed E-state index contributed by atoms with van der Waals surface area (Å²) in [4.78, 5) is 3.87. The number of thiocarbonyl (C=S) groups is 1. The molecule has 2 aromatic carbocycles. The van der Waals surface area contributed by atoms with Gasteiger partial charge < -0.3 is 4.74 Å². The van der Waals surface area contributed by atoms with Crippen LogP contribution in [-0.4, -0.2) is 11.8 Å². The van der Waals surface area contributed by atoms with E-state index in [2.05, 4.69) is 41.1 Å². The molecule has 0 N–H and O–H groups in total. The molecule has 0 heterocycles. The molecule has 0 saturated carbocycles. The highest BCUT2D eigenvalue weighted by molar-refractivity contribution is 7.78. The summed E-state index contributed by atoms with van der Waals surface area (Å²) < 4.78 is 19.3. The lowest BCUT2D eigenvalue weighted by atomic mass is 10.1. The highest BCUT2D eigenvalue weighted by Crippen LogP contribution is 2.18. The van der Waals surface area contributed by atoms with Gasteiger partial charge in [-0.2, -0.15) is 4.99 Å². The van der Waals surface area contributed by atoms with Crippen LogP contribution in [0.25, 0.3) is 0 Å². The van der Waals surface area contributed by atoms with Crippen LogP contribution in [0.1, 0.15) is 30.9 Å². The van der Waals surface area contributed by atoms with Crippen molar-refractivity contribution in [3.05, 3.63) is 59.4 Å². The number of unbranched alkanes of at least 4 members (excludes halogenated alkanes) is 1. The van der Waals surface area contributed by atoms with E-state index < -0.39 is 5.82 Å². The van der Waals surface area contributed by atoms with Crippen molar-refractivity contribution in [1.82, 2.24) is 0 Å². The molecule has 0 saturated heterocycles. The maximum absolute atomic E-state index is 13.9. The fourth-order valence-corrected chi connectivity index (χ4v) is 1.94. The summed E-state index contributed by atoms with van der Waals surface area (Å²) in [5, 5.41) is 2.31. The zero-order chi connectivity index (χ0) is 16.5. The molecule has 23 heavy (non-hydrogen) atoms. The first kappa shape index (κ1) is 16.9. The molecule has 0 amide bonds. The van der Waals surface area contributed by atoms with E-state index in [-0.39, 0.29) is 5.75 Å². The molecule has 0 bridgehead atoms. The fraction of sp³-hybridized carbons (Fsp3) is 0.211. The third kappa shape index (κ3) is 5.34. The molecule has 0 aliphatic rings. The number of benzene rings is 2. The van der Waals surface area contributed by atoms with Gasteiger partial charge in [0, 0.05) is 11.1 Å². The van der Waals surface area contributed by atoms with E-state index in [1.807, 2.05) is 12.1 Å². The number of isothiocyanates is 1. The van der Waals surface area contributed by atoms with Crippen LogP contribution >= 0.6 is 12.2 Å². The Balaban J connectivity index is 2.08. The van der Waals surface area contributed by atoms with Gasteiger partial charge in [0.25, 0.3) is 0 Å². The summed E-state index contributed by atoms with van der Waals surface area (Å²) in [7, 11) is 0. The lowest BCUT2D eigenvalue weighted by Crippen LogP contribution is -1.98. The van der Waals surface area contributed by atoms with Crippen molar-refractivity contribution in [2.45, 2.75) is 19.8 Å². The van der Waals surface area contributed by atoms with Gasteiger partial charge in [0.15, 0.2) is 11.6 Å². The van der Waals surface area contributed by atoms with Gasteiger partial charge in [0.05, 0.1) is 17.5 Å². The summed E-state index contributed by atoms with van der Waals surface area (Å²) in [5.74, 6) is 5.80. The van der Waals surface area contributed by atoms with Crippen LogP contribution in [0.15, 0.2) is 47.5 Å². The molecule has 0 atom stereocenters. The third-order valence-corrected chi connectivity index (χ3v) is 3.17. The molecule has 116 valence electrons. The fourth-order valence-electron chi connectivity index (χ4n) is 1.84. The summed E-state index contributed by atoms with van der Waals surface area (Å²) in [5.41, 5.74) is 2.15. The van der Waals surface area contributed by atoms with E-state index in [0.29, 0.717) is 12.2 Å². The molecule has 0 aromatic heterocycles. The Hall–Kier alpha value is -2.47. The number of rotatable bonds is 5. The first-order valence-corrected chi connectivity index (χ1v) is 7.76. The van der Waals surface area contributed by atoms with Crippen LogP contribution in [0, 0.1) is 17.7 Å². The van der Waals surface area contributed by atoms with Gasteiger partial charge >= 0.3 is 0 Å².